The maximum absolute atomic E-state index is 13.9. The minimum atomic E-state index is -1.93. The summed E-state index contributed by atoms with van der Waals surface area (Å²) in [5.41, 5.74) is 5.61. The number of rotatable bonds is 12. The van der Waals surface area contributed by atoms with Crippen molar-refractivity contribution in [1.29, 1.82) is 0 Å². The van der Waals surface area contributed by atoms with Gasteiger partial charge in [0.15, 0.2) is 11.2 Å². The summed E-state index contributed by atoms with van der Waals surface area (Å²) in [4.78, 5) is 35.3. The fraction of sp³-hybridized carbons (Fsp3) is 0.375. The number of hydrogen-bond acceptors (Lipinski definition) is 8. The van der Waals surface area contributed by atoms with Crippen molar-refractivity contribution in [2.24, 2.45) is 11.7 Å². The van der Waals surface area contributed by atoms with Crippen molar-refractivity contribution in [3.8, 4) is 17.2 Å². The Balaban J connectivity index is 1.38. The van der Waals surface area contributed by atoms with Crippen molar-refractivity contribution in [1.82, 2.24) is 15.1 Å². The number of carbonyl (C=O) groups is 2. The number of ether oxygens (including phenoxy) is 2. The van der Waals surface area contributed by atoms with Crippen molar-refractivity contribution in [3.63, 3.8) is 0 Å². The lowest BCUT2D eigenvalue weighted by Gasteiger charge is -2.28. The first kappa shape index (κ1) is 34.6. The predicted octanol–water partition coefficient (Wildman–Crippen LogP) is 8.27. The Morgan fingerprint density at radius 3 is 2.16 bits per heavy atom. The fourth-order valence-electron chi connectivity index (χ4n) is 6.87. The van der Waals surface area contributed by atoms with Gasteiger partial charge in [0.25, 0.3) is 5.89 Å². The lowest BCUT2D eigenvalue weighted by molar-refractivity contribution is -0.121. The maximum Gasteiger partial charge on any atom is 0.354 e. The normalized spacial score (nSPS) is 15.0. The predicted molar refractivity (Wildman–Crippen MR) is 190 cm³/mol. The van der Waals surface area contributed by atoms with Crippen LogP contribution >= 0.6 is 0 Å². The number of hydrogen-bond donors (Lipinski definition) is 2. The highest BCUT2D eigenvalue weighted by molar-refractivity contribution is 6.01. The summed E-state index contributed by atoms with van der Waals surface area (Å²) >= 11 is 0. The first-order valence-corrected chi connectivity index (χ1v) is 17.3. The molecule has 260 valence electrons. The van der Waals surface area contributed by atoms with Crippen molar-refractivity contribution in [2.45, 2.75) is 83.5 Å². The Labute approximate surface area is 292 Å². The van der Waals surface area contributed by atoms with E-state index in [-0.39, 0.29) is 28.5 Å². The van der Waals surface area contributed by atoms with Gasteiger partial charge in [-0.25, -0.2) is 9.78 Å². The van der Waals surface area contributed by atoms with E-state index in [9.17, 15) is 14.7 Å². The number of benzene rings is 3. The minimum absolute atomic E-state index is 0.0105. The number of nitrogens with zero attached hydrogens (tertiary/aromatic N) is 3. The average molecular weight is 677 g/mol. The number of aromatic carboxylic acids is 1. The third-order valence-electron chi connectivity index (χ3n) is 9.59. The van der Waals surface area contributed by atoms with Gasteiger partial charge < -0.3 is 24.8 Å². The molecule has 3 aromatic carbocycles. The van der Waals surface area contributed by atoms with Gasteiger partial charge in [-0.15, -0.1) is 0 Å². The van der Waals surface area contributed by atoms with Gasteiger partial charge in [0.1, 0.15) is 22.9 Å². The number of pyridine rings is 1. The standard InChI is InChI=1S/C40H44N4O6/c1-25-42-38(50-44-25)40(37(41)47,29-14-16-30(17-15-29)48-22-8-11-26-9-6-5-7-10-26)35-33-21-20-32(23-27(33)24-34(43-35)36(45)46)49-31-18-12-28(13-19-31)39(2,3)4/h12-21,23-24,26H,5-11,22H2,1-4H3,(H2,41,47)(H,45,46). The van der Waals surface area contributed by atoms with Crippen LogP contribution in [0, 0.1) is 12.8 Å². The molecular formula is C40H44N4O6. The topological polar surface area (TPSA) is 151 Å². The number of fused-ring (bicyclic) bond motifs is 1. The molecule has 2 aromatic heterocycles. The van der Waals surface area contributed by atoms with E-state index in [1.165, 1.54) is 43.7 Å². The molecule has 1 aliphatic rings. The van der Waals surface area contributed by atoms with E-state index in [0.717, 1.165) is 18.8 Å². The van der Waals surface area contributed by atoms with Crippen LogP contribution in [0.5, 0.6) is 17.2 Å². The minimum Gasteiger partial charge on any atom is -0.494 e. The number of aromatic nitrogens is 3. The zero-order valence-corrected chi connectivity index (χ0v) is 29.1. The van der Waals surface area contributed by atoms with Gasteiger partial charge in [0.05, 0.1) is 12.3 Å². The second-order valence-electron chi connectivity index (χ2n) is 14.2. The zero-order chi connectivity index (χ0) is 35.5. The number of nitrogens with two attached hydrogens (primary N) is 1. The van der Waals surface area contributed by atoms with E-state index >= 15 is 0 Å². The lowest BCUT2D eigenvalue weighted by atomic mass is 9.74. The number of amides is 1. The molecule has 50 heavy (non-hydrogen) atoms. The lowest BCUT2D eigenvalue weighted by Crippen LogP contribution is -2.45. The van der Waals surface area contributed by atoms with E-state index in [0.29, 0.717) is 40.2 Å². The van der Waals surface area contributed by atoms with E-state index < -0.39 is 17.3 Å². The van der Waals surface area contributed by atoms with E-state index in [1.54, 1.807) is 49.4 Å². The van der Waals surface area contributed by atoms with Crippen LogP contribution < -0.4 is 15.2 Å². The Morgan fingerprint density at radius 2 is 1.54 bits per heavy atom. The number of aryl methyl sites for hydroxylation is 1. The quantitative estimate of drug-likeness (QED) is 0.124. The molecule has 10 nitrogen and oxygen atoms in total. The van der Waals surface area contributed by atoms with Gasteiger partial charge in [-0.05, 0) is 96.1 Å². The van der Waals surface area contributed by atoms with Crippen LogP contribution in [0.3, 0.4) is 0 Å². The molecule has 6 rings (SSSR count). The Bertz CT molecular complexity index is 1970. The van der Waals surface area contributed by atoms with Crippen molar-refractivity contribution >= 4 is 22.6 Å². The van der Waals surface area contributed by atoms with Gasteiger partial charge in [0, 0.05) is 5.39 Å². The average Bonchev–Trinajstić information content (AvgIpc) is 3.53. The summed E-state index contributed by atoms with van der Waals surface area (Å²) in [6.07, 6.45) is 8.67. The molecule has 1 atom stereocenters. The molecule has 0 saturated heterocycles. The molecule has 1 aliphatic carbocycles. The molecule has 10 heteroatoms. The van der Waals surface area contributed by atoms with Gasteiger partial charge in [-0.2, -0.15) is 4.98 Å². The van der Waals surface area contributed by atoms with E-state index in [2.05, 4.69) is 35.9 Å². The molecule has 2 heterocycles. The molecule has 0 aliphatic heterocycles. The molecule has 5 aromatic rings. The van der Waals surface area contributed by atoms with Crippen LogP contribution in [0.15, 0.2) is 77.3 Å². The molecule has 1 unspecified atom stereocenters. The van der Waals surface area contributed by atoms with Crippen LogP contribution in [0.2, 0.25) is 0 Å². The number of carboxylic acids is 1. The number of primary amides is 1. The van der Waals surface area contributed by atoms with Gasteiger partial charge in [-0.3, -0.25) is 4.79 Å². The highest BCUT2D eigenvalue weighted by Gasteiger charge is 2.50. The largest absolute Gasteiger partial charge is 0.494 e. The monoisotopic (exact) mass is 676 g/mol. The summed E-state index contributed by atoms with van der Waals surface area (Å²) in [7, 11) is 0. The first-order valence-electron chi connectivity index (χ1n) is 17.3. The van der Waals surface area contributed by atoms with Crippen LogP contribution in [0.25, 0.3) is 10.8 Å². The highest BCUT2D eigenvalue weighted by atomic mass is 16.5. The van der Waals surface area contributed by atoms with Gasteiger partial charge in [0.2, 0.25) is 5.91 Å². The second kappa shape index (κ2) is 14.3. The maximum atomic E-state index is 13.9. The number of carboxylic acid groups (broad SMARTS) is 1. The van der Waals surface area contributed by atoms with Crippen molar-refractivity contribution in [3.05, 3.63) is 107 Å². The zero-order valence-electron chi connectivity index (χ0n) is 29.1. The molecule has 1 saturated carbocycles. The van der Waals surface area contributed by atoms with E-state index in [1.807, 2.05) is 24.3 Å². The van der Waals surface area contributed by atoms with Gasteiger partial charge in [-0.1, -0.05) is 82.3 Å². The summed E-state index contributed by atoms with van der Waals surface area (Å²) < 4.78 is 17.9. The Hall–Kier alpha value is -5.25. The summed E-state index contributed by atoms with van der Waals surface area (Å²) in [5.74, 6) is 0.496. The van der Waals surface area contributed by atoms with Crippen LogP contribution in [0.4, 0.5) is 0 Å². The van der Waals surface area contributed by atoms with Crippen molar-refractivity contribution in [2.75, 3.05) is 6.61 Å². The number of carbonyl (C=O) groups excluding carboxylic acids is 1. The van der Waals surface area contributed by atoms with Crippen LogP contribution in [0.1, 0.15) is 105 Å². The SMILES string of the molecule is Cc1noc(C(C(N)=O)(c2ccc(OCCCC3CCCCC3)cc2)c2nc(C(=O)O)cc3cc(Oc4ccc(C(C)(C)C)cc4)ccc23)n1. The smallest absolute Gasteiger partial charge is 0.354 e. The molecule has 0 spiro atoms. The molecule has 3 N–H and O–H groups in total. The third kappa shape index (κ3) is 7.20. The molecule has 1 amide bonds. The van der Waals surface area contributed by atoms with Crippen molar-refractivity contribution < 1.29 is 28.7 Å². The summed E-state index contributed by atoms with van der Waals surface area (Å²) in [5, 5.41) is 15.0. The highest BCUT2D eigenvalue weighted by Crippen LogP contribution is 2.42. The molecular weight excluding hydrogens is 632 g/mol. The van der Waals surface area contributed by atoms with Crippen LogP contribution in [-0.2, 0) is 15.6 Å². The second-order valence-corrected chi connectivity index (χ2v) is 14.2. The third-order valence-corrected chi connectivity index (χ3v) is 9.59. The first-order chi connectivity index (χ1) is 23.9. The van der Waals surface area contributed by atoms with E-state index in [4.69, 9.17) is 19.7 Å². The van der Waals surface area contributed by atoms with Gasteiger partial charge >= 0.3 is 5.97 Å². The van der Waals surface area contributed by atoms with Crippen LogP contribution in [-0.4, -0.2) is 38.7 Å². The Kier molecular flexibility index (Phi) is 9.90. The summed E-state index contributed by atoms with van der Waals surface area (Å²) in [6.45, 7) is 8.63. The summed E-state index contributed by atoms with van der Waals surface area (Å²) in [6, 6.07) is 21.4. The Morgan fingerprint density at radius 1 is 0.880 bits per heavy atom. The molecule has 0 radical (unpaired) electrons. The fourth-order valence-corrected chi connectivity index (χ4v) is 6.87. The molecule has 1 fully saturated rings. The molecule has 0 bridgehead atoms.